The van der Waals surface area contributed by atoms with E-state index in [9.17, 15) is 9.59 Å². The van der Waals surface area contributed by atoms with Crippen LogP contribution in [0.15, 0.2) is 0 Å². The fourth-order valence-corrected chi connectivity index (χ4v) is 1.32. The van der Waals surface area contributed by atoms with E-state index >= 15 is 0 Å². The minimum absolute atomic E-state index is 0.178. The second-order valence-corrected chi connectivity index (χ2v) is 3.55. The molecule has 6 heteroatoms. The van der Waals surface area contributed by atoms with Gasteiger partial charge in [0, 0.05) is 12.8 Å². The van der Waals surface area contributed by atoms with Gasteiger partial charge in [-0.05, 0) is 6.42 Å². The first kappa shape index (κ1) is 13.5. The molecule has 0 aromatic rings. The maximum atomic E-state index is 10.7. The van der Waals surface area contributed by atoms with E-state index in [1.807, 2.05) is 6.92 Å². The number of nitrogens with two attached hydrogens (primary N) is 2. The van der Waals surface area contributed by atoms with Crippen molar-refractivity contribution in [2.75, 3.05) is 0 Å². The molecule has 2 amide bonds. The van der Waals surface area contributed by atoms with Crippen LogP contribution in [0.25, 0.3) is 0 Å². The third kappa shape index (κ3) is 4.53. The molecule has 0 spiro atoms. The quantitative estimate of drug-likeness (QED) is 0.679. The first-order valence-electron chi connectivity index (χ1n) is 4.78. The van der Waals surface area contributed by atoms with Gasteiger partial charge in [-0.25, -0.2) is 9.59 Å². The van der Waals surface area contributed by atoms with Gasteiger partial charge < -0.3 is 20.9 Å². The van der Waals surface area contributed by atoms with Gasteiger partial charge >= 0.3 is 12.2 Å². The number of rotatable bonds is 5. The third-order valence-electron chi connectivity index (χ3n) is 2.22. The Balaban J connectivity index is 4.66. The molecule has 0 heterocycles. The summed E-state index contributed by atoms with van der Waals surface area (Å²) in [4.78, 5) is 21.3. The molecule has 4 N–H and O–H groups in total. The number of carbonyl (C=O) groups is 2. The van der Waals surface area contributed by atoms with E-state index in [1.165, 1.54) is 6.92 Å². The molecule has 15 heavy (non-hydrogen) atoms. The van der Waals surface area contributed by atoms with Crippen molar-refractivity contribution in [1.82, 2.24) is 0 Å². The molecule has 0 aliphatic carbocycles. The molecule has 1 atom stereocenters. The normalized spacial score (nSPS) is 13.0. The smallest absolute Gasteiger partial charge is 0.406 e. The van der Waals surface area contributed by atoms with E-state index < -0.39 is 18.0 Å². The molecule has 0 saturated carbocycles. The Kier molecular flexibility index (Phi) is 4.90. The fraction of sp³-hybridized carbons (Fsp3) is 0.778. The molecule has 0 rings (SSSR count). The molecule has 0 bridgehead atoms. The van der Waals surface area contributed by atoms with E-state index in [0.29, 0.717) is 0 Å². The van der Waals surface area contributed by atoms with Gasteiger partial charge in [0.2, 0.25) is 0 Å². The van der Waals surface area contributed by atoms with Gasteiger partial charge in [0.25, 0.3) is 5.79 Å². The standard InChI is InChI=1S/C9H18N2O4/c1-4-5-6(2)9(3,14-7(10)12)15-8(11)13/h6H,4-5H2,1-3H3,(H2,10,12)(H2,11,13). The van der Waals surface area contributed by atoms with Gasteiger partial charge in [-0.3, -0.25) is 0 Å². The minimum atomic E-state index is -1.40. The Morgan fingerprint density at radius 2 is 1.67 bits per heavy atom. The van der Waals surface area contributed by atoms with Crippen molar-refractivity contribution in [1.29, 1.82) is 0 Å². The maximum Gasteiger partial charge on any atom is 0.407 e. The molecule has 1 unspecified atom stereocenters. The van der Waals surface area contributed by atoms with Crippen LogP contribution in [0.3, 0.4) is 0 Å². The Morgan fingerprint density at radius 1 is 1.27 bits per heavy atom. The van der Waals surface area contributed by atoms with Crippen LogP contribution in [0.2, 0.25) is 0 Å². The molecule has 0 aromatic carbocycles. The summed E-state index contributed by atoms with van der Waals surface area (Å²) in [5, 5.41) is 0. The lowest BCUT2D eigenvalue weighted by Gasteiger charge is -2.32. The van der Waals surface area contributed by atoms with Gasteiger partial charge in [-0.15, -0.1) is 0 Å². The van der Waals surface area contributed by atoms with Crippen molar-refractivity contribution in [3.8, 4) is 0 Å². The molecular weight excluding hydrogens is 200 g/mol. The largest absolute Gasteiger partial charge is 0.407 e. The highest BCUT2D eigenvalue weighted by molar-refractivity contribution is 5.67. The highest BCUT2D eigenvalue weighted by Gasteiger charge is 2.38. The van der Waals surface area contributed by atoms with Gasteiger partial charge in [0.05, 0.1) is 0 Å². The molecule has 0 radical (unpaired) electrons. The number of hydrogen-bond donors (Lipinski definition) is 2. The van der Waals surface area contributed by atoms with Crippen molar-refractivity contribution in [2.24, 2.45) is 17.4 Å². The number of carbonyl (C=O) groups excluding carboxylic acids is 2. The van der Waals surface area contributed by atoms with E-state index in [4.69, 9.17) is 20.9 Å². The predicted molar refractivity (Wildman–Crippen MR) is 53.8 cm³/mol. The second kappa shape index (κ2) is 5.43. The van der Waals surface area contributed by atoms with Crippen molar-refractivity contribution < 1.29 is 19.1 Å². The van der Waals surface area contributed by atoms with Crippen molar-refractivity contribution in [3.05, 3.63) is 0 Å². The summed E-state index contributed by atoms with van der Waals surface area (Å²) in [5.41, 5.74) is 9.79. The number of amides is 2. The monoisotopic (exact) mass is 218 g/mol. The second-order valence-electron chi connectivity index (χ2n) is 3.55. The summed E-state index contributed by atoms with van der Waals surface area (Å²) >= 11 is 0. The summed E-state index contributed by atoms with van der Waals surface area (Å²) in [6.45, 7) is 5.21. The van der Waals surface area contributed by atoms with Crippen molar-refractivity contribution in [2.45, 2.75) is 39.4 Å². The molecule has 0 aliphatic heterocycles. The number of primary amides is 2. The SMILES string of the molecule is CCCC(C)C(C)(OC(N)=O)OC(N)=O. The van der Waals surface area contributed by atoms with Crippen LogP contribution >= 0.6 is 0 Å². The maximum absolute atomic E-state index is 10.7. The van der Waals surface area contributed by atoms with Gasteiger partial charge in [0.1, 0.15) is 0 Å². The van der Waals surface area contributed by atoms with Crippen LogP contribution in [-0.4, -0.2) is 18.0 Å². The molecule has 6 nitrogen and oxygen atoms in total. The lowest BCUT2D eigenvalue weighted by atomic mass is 9.97. The average Bonchev–Trinajstić information content (AvgIpc) is 2.01. The summed E-state index contributed by atoms with van der Waals surface area (Å²) in [6, 6.07) is 0. The number of ether oxygens (including phenoxy) is 2. The zero-order valence-electron chi connectivity index (χ0n) is 9.28. The van der Waals surface area contributed by atoms with E-state index in [-0.39, 0.29) is 5.92 Å². The number of hydrogen-bond acceptors (Lipinski definition) is 4. The zero-order chi connectivity index (χ0) is 12.1. The third-order valence-corrected chi connectivity index (χ3v) is 2.22. The van der Waals surface area contributed by atoms with Crippen molar-refractivity contribution >= 4 is 12.2 Å². The Labute approximate surface area is 88.9 Å². The average molecular weight is 218 g/mol. The summed E-state index contributed by atoms with van der Waals surface area (Å²) in [6.07, 6.45) is -0.415. The summed E-state index contributed by atoms with van der Waals surface area (Å²) < 4.78 is 9.56. The molecule has 88 valence electrons. The molecular formula is C9H18N2O4. The van der Waals surface area contributed by atoms with E-state index in [1.54, 1.807) is 6.92 Å². The minimum Gasteiger partial charge on any atom is -0.406 e. The van der Waals surface area contributed by atoms with Crippen LogP contribution in [0.4, 0.5) is 9.59 Å². The molecule has 0 aliphatic rings. The lowest BCUT2D eigenvalue weighted by Crippen LogP contribution is -2.45. The summed E-state index contributed by atoms with van der Waals surface area (Å²) in [7, 11) is 0. The van der Waals surface area contributed by atoms with Gasteiger partial charge in [-0.1, -0.05) is 20.3 Å². The highest BCUT2D eigenvalue weighted by atomic mass is 16.7. The van der Waals surface area contributed by atoms with Crippen molar-refractivity contribution in [3.63, 3.8) is 0 Å². The van der Waals surface area contributed by atoms with Crippen LogP contribution in [-0.2, 0) is 9.47 Å². The molecule has 0 saturated heterocycles. The fourth-order valence-electron chi connectivity index (χ4n) is 1.32. The lowest BCUT2D eigenvalue weighted by molar-refractivity contribution is -0.179. The van der Waals surface area contributed by atoms with Crippen LogP contribution in [0.5, 0.6) is 0 Å². The van der Waals surface area contributed by atoms with E-state index in [2.05, 4.69) is 0 Å². The van der Waals surface area contributed by atoms with Crippen LogP contribution in [0, 0.1) is 5.92 Å². The van der Waals surface area contributed by atoms with Crippen LogP contribution < -0.4 is 11.5 Å². The molecule has 0 fully saturated rings. The Hall–Kier alpha value is -1.46. The van der Waals surface area contributed by atoms with Gasteiger partial charge in [-0.2, -0.15) is 0 Å². The first-order valence-corrected chi connectivity index (χ1v) is 4.78. The van der Waals surface area contributed by atoms with E-state index in [0.717, 1.165) is 12.8 Å². The Morgan fingerprint density at radius 3 is 1.93 bits per heavy atom. The van der Waals surface area contributed by atoms with Gasteiger partial charge in [0.15, 0.2) is 0 Å². The molecule has 0 aromatic heterocycles. The van der Waals surface area contributed by atoms with Crippen LogP contribution in [0.1, 0.15) is 33.6 Å². The highest BCUT2D eigenvalue weighted by Crippen LogP contribution is 2.27. The first-order chi connectivity index (χ1) is 6.81. The Bertz CT molecular complexity index is 226. The summed E-state index contributed by atoms with van der Waals surface area (Å²) in [5.74, 6) is -1.57. The zero-order valence-corrected chi connectivity index (χ0v) is 9.28. The topological polar surface area (TPSA) is 105 Å². The predicted octanol–water partition coefficient (Wildman–Crippen LogP) is 1.33.